The lowest BCUT2D eigenvalue weighted by atomic mass is 9.86. The van der Waals surface area contributed by atoms with E-state index >= 15 is 0 Å². The van der Waals surface area contributed by atoms with Crippen LogP contribution >= 0.6 is 12.4 Å². The fourth-order valence-electron chi connectivity index (χ4n) is 2.91. The van der Waals surface area contributed by atoms with Crippen molar-refractivity contribution in [3.05, 3.63) is 0 Å². The van der Waals surface area contributed by atoms with E-state index < -0.39 is 11.8 Å². The normalized spacial score (nSPS) is 32.1. The van der Waals surface area contributed by atoms with Crippen LogP contribution in [-0.2, 0) is 0 Å². The van der Waals surface area contributed by atoms with Crippen molar-refractivity contribution in [2.75, 3.05) is 32.7 Å². The first-order chi connectivity index (χ1) is 8.24. The molecule has 0 aromatic carbocycles. The van der Waals surface area contributed by atoms with Gasteiger partial charge in [0.1, 0.15) is 0 Å². The molecular weight excluding hydrogens is 281 g/mol. The van der Waals surface area contributed by atoms with Gasteiger partial charge in [0.05, 0.1) is 0 Å². The minimum absolute atomic E-state index is 0. The second-order valence-corrected chi connectivity index (χ2v) is 6.04. The summed E-state index contributed by atoms with van der Waals surface area (Å²) in [5.41, 5.74) is -2.31. The van der Waals surface area contributed by atoms with Gasteiger partial charge in [-0.25, -0.2) is 0 Å². The average Bonchev–Trinajstić information content (AvgIpc) is 2.67. The molecule has 1 unspecified atom stereocenters. The van der Waals surface area contributed by atoms with Crippen molar-refractivity contribution in [1.82, 2.24) is 10.2 Å². The molecule has 2 aliphatic heterocycles. The Morgan fingerprint density at radius 3 is 2.21 bits per heavy atom. The molecule has 0 spiro atoms. The zero-order valence-electron chi connectivity index (χ0n) is 11.1. The molecule has 2 fully saturated rings. The summed E-state index contributed by atoms with van der Waals surface area (Å²) in [5.74, 6) is 0. The van der Waals surface area contributed by atoms with E-state index in [9.17, 15) is 18.3 Å². The molecule has 2 aliphatic rings. The predicted molar refractivity (Wildman–Crippen MR) is 69.5 cm³/mol. The van der Waals surface area contributed by atoms with Gasteiger partial charge < -0.3 is 15.3 Å². The summed E-state index contributed by atoms with van der Waals surface area (Å²) in [5, 5.41) is 12.9. The number of rotatable bonds is 2. The molecule has 0 radical (unpaired) electrons. The lowest BCUT2D eigenvalue weighted by molar-refractivity contribution is -0.273. The summed E-state index contributed by atoms with van der Waals surface area (Å²) in [6.45, 7) is 5.53. The Morgan fingerprint density at radius 2 is 1.79 bits per heavy atom. The molecule has 114 valence electrons. The number of alkyl halides is 3. The summed E-state index contributed by atoms with van der Waals surface area (Å²) in [6.07, 6.45) is -3.86. The highest BCUT2D eigenvalue weighted by molar-refractivity contribution is 5.85. The fourth-order valence-corrected chi connectivity index (χ4v) is 2.91. The summed E-state index contributed by atoms with van der Waals surface area (Å²) in [6, 6.07) is 0. The Labute approximate surface area is 117 Å². The number of piperidine rings is 1. The molecule has 19 heavy (non-hydrogen) atoms. The van der Waals surface area contributed by atoms with E-state index in [-0.39, 0.29) is 30.7 Å². The van der Waals surface area contributed by atoms with Crippen LogP contribution in [0.25, 0.3) is 0 Å². The van der Waals surface area contributed by atoms with Crippen molar-refractivity contribution in [3.63, 3.8) is 0 Å². The molecule has 2 saturated heterocycles. The quantitative estimate of drug-likeness (QED) is 0.816. The van der Waals surface area contributed by atoms with Gasteiger partial charge in [-0.2, -0.15) is 13.2 Å². The van der Waals surface area contributed by atoms with Crippen molar-refractivity contribution in [3.8, 4) is 0 Å². The third kappa shape index (κ3) is 3.74. The highest BCUT2D eigenvalue weighted by atomic mass is 35.5. The standard InChI is InChI=1S/C12H21F3N2O.ClH/c1-10(2-5-16-8-10)9-17-6-3-11(18,4-7-17)12(13,14)15;/h16,18H,2-9H2,1H3;1H. The molecule has 2 heterocycles. The maximum atomic E-state index is 12.7. The van der Waals surface area contributed by atoms with E-state index in [0.717, 1.165) is 26.1 Å². The lowest BCUT2D eigenvalue weighted by Gasteiger charge is -2.41. The van der Waals surface area contributed by atoms with Crippen LogP contribution in [0.4, 0.5) is 13.2 Å². The van der Waals surface area contributed by atoms with Crippen LogP contribution in [0.5, 0.6) is 0 Å². The zero-order chi connectivity index (χ0) is 13.4. The topological polar surface area (TPSA) is 35.5 Å². The first kappa shape index (κ1) is 17.0. The number of hydrogen-bond donors (Lipinski definition) is 2. The number of nitrogens with zero attached hydrogens (tertiary/aromatic N) is 1. The SMILES string of the molecule is CC1(CN2CCC(O)(C(F)(F)F)CC2)CCNC1.Cl. The number of hydrogen-bond acceptors (Lipinski definition) is 3. The summed E-state index contributed by atoms with van der Waals surface area (Å²) in [7, 11) is 0. The molecule has 7 heteroatoms. The van der Waals surface area contributed by atoms with Gasteiger partial charge in [0.15, 0.2) is 5.60 Å². The van der Waals surface area contributed by atoms with Gasteiger partial charge in [0, 0.05) is 26.2 Å². The van der Waals surface area contributed by atoms with Crippen LogP contribution in [0.3, 0.4) is 0 Å². The van der Waals surface area contributed by atoms with Crippen molar-refractivity contribution >= 4 is 12.4 Å². The van der Waals surface area contributed by atoms with Gasteiger partial charge in [-0.1, -0.05) is 6.92 Å². The van der Waals surface area contributed by atoms with Gasteiger partial charge in [0.25, 0.3) is 0 Å². The second kappa shape index (κ2) is 5.76. The van der Waals surface area contributed by atoms with E-state index in [4.69, 9.17) is 0 Å². The van der Waals surface area contributed by atoms with E-state index in [2.05, 4.69) is 12.2 Å². The summed E-state index contributed by atoms with van der Waals surface area (Å²) in [4.78, 5) is 2.05. The number of likely N-dealkylation sites (tertiary alicyclic amines) is 1. The molecular formula is C12H22ClF3N2O. The van der Waals surface area contributed by atoms with Crippen molar-refractivity contribution in [2.24, 2.45) is 5.41 Å². The molecule has 2 N–H and O–H groups in total. The van der Waals surface area contributed by atoms with Crippen LogP contribution in [0.1, 0.15) is 26.2 Å². The van der Waals surface area contributed by atoms with Crippen LogP contribution in [0.15, 0.2) is 0 Å². The highest BCUT2D eigenvalue weighted by Crippen LogP contribution is 2.39. The third-order valence-electron chi connectivity index (χ3n) is 4.27. The minimum Gasteiger partial charge on any atom is -0.380 e. The molecule has 0 bridgehead atoms. The van der Waals surface area contributed by atoms with Gasteiger partial charge >= 0.3 is 6.18 Å². The maximum absolute atomic E-state index is 12.7. The average molecular weight is 303 g/mol. The number of halogens is 4. The molecule has 2 rings (SSSR count). The Hall–Kier alpha value is -0.0400. The highest BCUT2D eigenvalue weighted by Gasteiger charge is 2.54. The largest absolute Gasteiger partial charge is 0.417 e. The third-order valence-corrected chi connectivity index (χ3v) is 4.27. The Balaban J connectivity index is 0.00000180. The van der Waals surface area contributed by atoms with Crippen LogP contribution < -0.4 is 5.32 Å². The monoisotopic (exact) mass is 302 g/mol. The molecule has 0 aromatic rings. The van der Waals surface area contributed by atoms with Crippen LogP contribution in [0, 0.1) is 5.41 Å². The molecule has 0 saturated carbocycles. The molecule has 0 aromatic heterocycles. The Morgan fingerprint density at radius 1 is 1.21 bits per heavy atom. The number of nitrogens with one attached hydrogen (secondary N) is 1. The predicted octanol–water partition coefficient (Wildman–Crippen LogP) is 1.80. The van der Waals surface area contributed by atoms with Crippen molar-refractivity contribution < 1.29 is 18.3 Å². The Bertz CT molecular complexity index is 298. The van der Waals surface area contributed by atoms with E-state index in [1.54, 1.807) is 0 Å². The molecule has 0 amide bonds. The maximum Gasteiger partial charge on any atom is 0.417 e. The first-order valence-electron chi connectivity index (χ1n) is 6.46. The first-order valence-corrected chi connectivity index (χ1v) is 6.46. The van der Waals surface area contributed by atoms with Crippen LogP contribution in [-0.4, -0.2) is 54.5 Å². The van der Waals surface area contributed by atoms with Gasteiger partial charge in [-0.3, -0.25) is 0 Å². The summed E-state index contributed by atoms with van der Waals surface area (Å²) < 4.78 is 38.0. The minimum atomic E-state index is -4.50. The summed E-state index contributed by atoms with van der Waals surface area (Å²) >= 11 is 0. The van der Waals surface area contributed by atoms with Crippen molar-refractivity contribution in [1.29, 1.82) is 0 Å². The smallest absolute Gasteiger partial charge is 0.380 e. The van der Waals surface area contributed by atoms with Gasteiger partial charge in [-0.05, 0) is 31.2 Å². The van der Waals surface area contributed by atoms with E-state index in [0.29, 0.717) is 13.1 Å². The molecule has 0 aliphatic carbocycles. The molecule has 3 nitrogen and oxygen atoms in total. The lowest BCUT2D eigenvalue weighted by Crippen LogP contribution is -2.54. The zero-order valence-corrected chi connectivity index (χ0v) is 11.9. The number of aliphatic hydroxyl groups is 1. The van der Waals surface area contributed by atoms with Crippen molar-refractivity contribution in [2.45, 2.75) is 38.0 Å². The fraction of sp³-hybridized carbons (Fsp3) is 1.00. The van der Waals surface area contributed by atoms with E-state index in [1.807, 2.05) is 4.90 Å². The van der Waals surface area contributed by atoms with Crippen LogP contribution in [0.2, 0.25) is 0 Å². The van der Waals surface area contributed by atoms with Gasteiger partial charge in [-0.15, -0.1) is 12.4 Å². The van der Waals surface area contributed by atoms with E-state index in [1.165, 1.54) is 0 Å². The Kier molecular flexibility index (Phi) is 5.15. The molecule has 1 atom stereocenters. The second-order valence-electron chi connectivity index (χ2n) is 6.04. The van der Waals surface area contributed by atoms with Gasteiger partial charge in [0.2, 0.25) is 0 Å².